The number of hydrogen-bond acceptors (Lipinski definition) is 6. The predicted octanol–water partition coefficient (Wildman–Crippen LogP) is 4.07. The number of aromatic nitrogens is 3. The van der Waals surface area contributed by atoms with Gasteiger partial charge in [-0.25, -0.2) is 9.37 Å². The standard InChI is InChI=1S/C23H26FN5O2/c1-3-15(2)26-22(30)16-9-12-29(13-10-16)21-19(8-5-11-25-21)23-27-20(28-31-23)17-6-4-7-18(24)14-17/h4-8,11,14-16H,3,9-10,12-13H2,1-2H3,(H,26,30). The SMILES string of the molecule is CCC(C)NC(=O)C1CCN(c2ncccc2-c2nc(-c3cccc(F)c3)no2)CC1. The van der Waals surface area contributed by atoms with Crippen LogP contribution in [0.15, 0.2) is 47.1 Å². The molecule has 1 aliphatic rings. The molecule has 1 N–H and O–H groups in total. The van der Waals surface area contributed by atoms with Crippen molar-refractivity contribution in [2.45, 2.75) is 39.2 Å². The maximum atomic E-state index is 13.5. The van der Waals surface area contributed by atoms with Crippen LogP contribution in [-0.2, 0) is 4.79 Å². The summed E-state index contributed by atoms with van der Waals surface area (Å²) in [4.78, 5) is 23.6. The van der Waals surface area contributed by atoms with E-state index in [-0.39, 0.29) is 23.7 Å². The van der Waals surface area contributed by atoms with E-state index in [0.29, 0.717) is 30.4 Å². The molecule has 0 spiro atoms. The lowest BCUT2D eigenvalue weighted by atomic mass is 9.95. The van der Waals surface area contributed by atoms with Gasteiger partial charge in [-0.1, -0.05) is 24.2 Å². The summed E-state index contributed by atoms with van der Waals surface area (Å²) in [7, 11) is 0. The number of hydrogen-bond donors (Lipinski definition) is 1. The first kappa shape index (κ1) is 21.0. The molecule has 8 heteroatoms. The van der Waals surface area contributed by atoms with Crippen molar-refractivity contribution in [1.29, 1.82) is 0 Å². The first-order chi connectivity index (χ1) is 15.0. The van der Waals surface area contributed by atoms with Gasteiger partial charge in [-0.15, -0.1) is 0 Å². The summed E-state index contributed by atoms with van der Waals surface area (Å²) in [5, 5.41) is 7.09. The zero-order valence-electron chi connectivity index (χ0n) is 17.7. The Bertz CT molecular complexity index is 1050. The van der Waals surface area contributed by atoms with Gasteiger partial charge in [-0.05, 0) is 50.5 Å². The van der Waals surface area contributed by atoms with Crippen LogP contribution in [0.1, 0.15) is 33.1 Å². The number of halogens is 1. The van der Waals surface area contributed by atoms with E-state index < -0.39 is 0 Å². The number of nitrogens with zero attached hydrogens (tertiary/aromatic N) is 4. The second-order valence-electron chi connectivity index (χ2n) is 7.89. The Morgan fingerprint density at radius 3 is 2.84 bits per heavy atom. The average molecular weight is 423 g/mol. The topological polar surface area (TPSA) is 84.2 Å². The molecule has 0 aliphatic carbocycles. The van der Waals surface area contributed by atoms with E-state index in [1.165, 1.54) is 12.1 Å². The van der Waals surface area contributed by atoms with Crippen molar-refractivity contribution < 1.29 is 13.7 Å². The van der Waals surface area contributed by atoms with Crippen LogP contribution < -0.4 is 10.2 Å². The summed E-state index contributed by atoms with van der Waals surface area (Å²) in [6, 6.07) is 9.97. The van der Waals surface area contributed by atoms with Gasteiger partial charge >= 0.3 is 0 Å². The van der Waals surface area contributed by atoms with Crippen molar-refractivity contribution in [2.24, 2.45) is 5.92 Å². The van der Waals surface area contributed by atoms with Gasteiger partial charge in [0.25, 0.3) is 5.89 Å². The molecule has 0 saturated carbocycles. The van der Waals surface area contributed by atoms with Crippen LogP contribution in [0.3, 0.4) is 0 Å². The molecule has 1 aliphatic heterocycles. The Balaban J connectivity index is 1.50. The van der Waals surface area contributed by atoms with E-state index in [1.807, 2.05) is 19.1 Å². The van der Waals surface area contributed by atoms with E-state index in [0.717, 1.165) is 30.6 Å². The summed E-state index contributed by atoms with van der Waals surface area (Å²) < 4.78 is 19.0. The normalized spacial score (nSPS) is 15.6. The highest BCUT2D eigenvalue weighted by molar-refractivity contribution is 5.79. The molecule has 1 atom stereocenters. The Labute approximate surface area is 180 Å². The highest BCUT2D eigenvalue weighted by Gasteiger charge is 2.28. The summed E-state index contributed by atoms with van der Waals surface area (Å²) in [6.45, 7) is 5.52. The van der Waals surface area contributed by atoms with Gasteiger partial charge in [0.1, 0.15) is 11.6 Å². The van der Waals surface area contributed by atoms with Gasteiger partial charge in [0, 0.05) is 36.8 Å². The fourth-order valence-electron chi connectivity index (χ4n) is 3.71. The molecule has 3 heterocycles. The van der Waals surface area contributed by atoms with E-state index in [2.05, 4.69) is 32.3 Å². The number of anilines is 1. The number of rotatable bonds is 6. The molecule has 1 amide bonds. The maximum Gasteiger partial charge on any atom is 0.261 e. The number of carbonyl (C=O) groups is 1. The second-order valence-corrected chi connectivity index (χ2v) is 7.89. The molecular weight excluding hydrogens is 397 g/mol. The number of amides is 1. The lowest BCUT2D eigenvalue weighted by molar-refractivity contribution is -0.126. The Morgan fingerprint density at radius 2 is 2.10 bits per heavy atom. The summed E-state index contributed by atoms with van der Waals surface area (Å²) in [6.07, 6.45) is 4.17. The van der Waals surface area contributed by atoms with Crippen molar-refractivity contribution in [1.82, 2.24) is 20.4 Å². The van der Waals surface area contributed by atoms with Crippen LogP contribution in [0.2, 0.25) is 0 Å². The fraction of sp³-hybridized carbons (Fsp3) is 0.391. The van der Waals surface area contributed by atoms with Crippen molar-refractivity contribution in [2.75, 3.05) is 18.0 Å². The molecule has 1 fully saturated rings. The lowest BCUT2D eigenvalue weighted by Gasteiger charge is -2.33. The van der Waals surface area contributed by atoms with E-state index in [9.17, 15) is 9.18 Å². The average Bonchev–Trinajstić information content (AvgIpc) is 3.29. The minimum absolute atomic E-state index is 0.0143. The quantitative estimate of drug-likeness (QED) is 0.643. The lowest BCUT2D eigenvalue weighted by Crippen LogP contribution is -2.43. The molecular formula is C23H26FN5O2. The molecule has 4 rings (SSSR count). The zero-order valence-corrected chi connectivity index (χ0v) is 17.7. The van der Waals surface area contributed by atoms with Crippen molar-refractivity contribution >= 4 is 11.7 Å². The van der Waals surface area contributed by atoms with Crippen molar-refractivity contribution in [3.63, 3.8) is 0 Å². The Morgan fingerprint density at radius 1 is 1.29 bits per heavy atom. The van der Waals surface area contributed by atoms with Crippen LogP contribution in [0.25, 0.3) is 22.8 Å². The molecule has 7 nitrogen and oxygen atoms in total. The zero-order chi connectivity index (χ0) is 21.8. The minimum atomic E-state index is -0.355. The molecule has 1 unspecified atom stereocenters. The van der Waals surface area contributed by atoms with Gasteiger partial charge in [-0.2, -0.15) is 4.98 Å². The molecule has 31 heavy (non-hydrogen) atoms. The third-order valence-corrected chi connectivity index (χ3v) is 5.69. The van der Waals surface area contributed by atoms with Crippen LogP contribution >= 0.6 is 0 Å². The van der Waals surface area contributed by atoms with Crippen LogP contribution in [0.4, 0.5) is 10.2 Å². The van der Waals surface area contributed by atoms with Crippen LogP contribution in [-0.4, -0.2) is 40.2 Å². The molecule has 1 aromatic carbocycles. The van der Waals surface area contributed by atoms with Crippen LogP contribution in [0, 0.1) is 11.7 Å². The van der Waals surface area contributed by atoms with E-state index >= 15 is 0 Å². The van der Waals surface area contributed by atoms with Crippen LogP contribution in [0.5, 0.6) is 0 Å². The summed E-state index contributed by atoms with van der Waals surface area (Å²) in [5.41, 5.74) is 1.27. The molecule has 0 radical (unpaired) electrons. The highest BCUT2D eigenvalue weighted by Crippen LogP contribution is 2.32. The number of nitrogens with one attached hydrogen (secondary N) is 1. The fourth-order valence-corrected chi connectivity index (χ4v) is 3.71. The van der Waals surface area contributed by atoms with E-state index in [1.54, 1.807) is 18.3 Å². The number of pyridine rings is 1. The molecule has 3 aromatic rings. The number of benzene rings is 1. The van der Waals surface area contributed by atoms with Crippen molar-refractivity contribution in [3.05, 3.63) is 48.4 Å². The Kier molecular flexibility index (Phi) is 6.25. The van der Waals surface area contributed by atoms with Gasteiger partial charge in [0.05, 0.1) is 5.56 Å². The monoisotopic (exact) mass is 423 g/mol. The largest absolute Gasteiger partial charge is 0.356 e. The third-order valence-electron chi connectivity index (χ3n) is 5.69. The smallest absolute Gasteiger partial charge is 0.261 e. The highest BCUT2D eigenvalue weighted by atomic mass is 19.1. The molecule has 1 saturated heterocycles. The molecule has 0 bridgehead atoms. The molecule has 2 aromatic heterocycles. The van der Waals surface area contributed by atoms with Crippen molar-refractivity contribution in [3.8, 4) is 22.8 Å². The Hall–Kier alpha value is -3.29. The van der Waals surface area contributed by atoms with Gasteiger partial charge in [0.15, 0.2) is 0 Å². The first-order valence-electron chi connectivity index (χ1n) is 10.7. The first-order valence-corrected chi connectivity index (χ1v) is 10.7. The summed E-state index contributed by atoms with van der Waals surface area (Å²) in [5.74, 6) is 1.19. The minimum Gasteiger partial charge on any atom is -0.356 e. The number of piperidine rings is 1. The predicted molar refractivity (Wildman–Crippen MR) is 116 cm³/mol. The maximum absolute atomic E-state index is 13.5. The third kappa shape index (κ3) is 4.73. The van der Waals surface area contributed by atoms with Gasteiger partial charge < -0.3 is 14.7 Å². The molecule has 162 valence electrons. The van der Waals surface area contributed by atoms with Gasteiger partial charge in [-0.3, -0.25) is 4.79 Å². The van der Waals surface area contributed by atoms with E-state index in [4.69, 9.17) is 4.52 Å². The second kappa shape index (κ2) is 9.24. The van der Waals surface area contributed by atoms with Gasteiger partial charge in [0.2, 0.25) is 11.7 Å². The summed E-state index contributed by atoms with van der Waals surface area (Å²) >= 11 is 0. The number of carbonyl (C=O) groups excluding carboxylic acids is 1.